The molecule has 1 atom stereocenters. The van der Waals surface area contributed by atoms with E-state index in [-0.39, 0.29) is 5.41 Å². The number of benzene rings is 2. The first kappa shape index (κ1) is 19.8. The van der Waals surface area contributed by atoms with Gasteiger partial charge in [0.2, 0.25) is 0 Å². The molecule has 1 unspecified atom stereocenters. The van der Waals surface area contributed by atoms with Gasteiger partial charge in [-0.1, -0.05) is 87.4 Å². The molecule has 2 nitrogen and oxygen atoms in total. The molecule has 2 aromatic carbocycles. The van der Waals surface area contributed by atoms with Crippen molar-refractivity contribution in [1.29, 1.82) is 5.41 Å². The van der Waals surface area contributed by atoms with Gasteiger partial charge >= 0.3 is 0 Å². The minimum atomic E-state index is -0.351. The predicted octanol–water partition coefficient (Wildman–Crippen LogP) is 5.91. The number of hydrogen-bond donors (Lipinski definition) is 1. The highest BCUT2D eigenvalue weighted by Crippen LogP contribution is 2.42. The second-order valence-corrected chi connectivity index (χ2v) is 8.03. The summed E-state index contributed by atoms with van der Waals surface area (Å²) in [5.74, 6) is 0.347. The maximum absolute atomic E-state index is 9.20. The predicted molar refractivity (Wildman–Crippen MR) is 116 cm³/mol. The van der Waals surface area contributed by atoms with Gasteiger partial charge in [-0.2, -0.15) is 0 Å². The average Bonchev–Trinajstić information content (AvgIpc) is 2.71. The maximum Gasteiger partial charge on any atom is 0.0615 e. The lowest BCUT2D eigenvalue weighted by Gasteiger charge is -2.43. The van der Waals surface area contributed by atoms with Crippen LogP contribution in [0.25, 0.3) is 0 Å². The highest BCUT2D eigenvalue weighted by molar-refractivity contribution is 5.96. The Balaban J connectivity index is 2.09. The summed E-state index contributed by atoms with van der Waals surface area (Å²) < 4.78 is 0. The summed E-state index contributed by atoms with van der Waals surface area (Å²) in [6, 6.07) is 21.6. The molecule has 2 heteroatoms. The highest BCUT2D eigenvalue weighted by atomic mass is 15.1. The molecule has 0 aromatic heterocycles. The molecule has 0 saturated carbocycles. The molecule has 0 radical (unpaired) electrons. The first-order valence-corrected chi connectivity index (χ1v) is 10.6. The van der Waals surface area contributed by atoms with Gasteiger partial charge < -0.3 is 10.3 Å². The van der Waals surface area contributed by atoms with Crippen LogP contribution in [0.1, 0.15) is 57.1 Å². The SMILES string of the molecule is CCCC(=N)C(c1ccccc1)(c1ccccc1)C(C)CN1CCCCC1. The molecule has 1 saturated heterocycles. The summed E-state index contributed by atoms with van der Waals surface area (Å²) in [7, 11) is 0. The smallest absolute Gasteiger partial charge is 0.0615 e. The molecule has 1 aliphatic heterocycles. The lowest BCUT2D eigenvalue weighted by molar-refractivity contribution is 0.184. The van der Waals surface area contributed by atoms with Crippen LogP contribution in [0.3, 0.4) is 0 Å². The Morgan fingerprint density at radius 2 is 1.44 bits per heavy atom. The van der Waals surface area contributed by atoms with Gasteiger partial charge in [-0.3, -0.25) is 0 Å². The third-order valence-electron chi connectivity index (χ3n) is 6.15. The Kier molecular flexibility index (Phi) is 6.84. The van der Waals surface area contributed by atoms with Gasteiger partial charge in [-0.25, -0.2) is 0 Å². The Morgan fingerprint density at radius 1 is 0.926 bits per heavy atom. The average molecular weight is 363 g/mol. The van der Waals surface area contributed by atoms with E-state index >= 15 is 0 Å². The molecule has 2 aromatic rings. The van der Waals surface area contributed by atoms with Crippen molar-refractivity contribution in [3.63, 3.8) is 0 Å². The molecule has 0 spiro atoms. The molecule has 0 amide bonds. The topological polar surface area (TPSA) is 27.1 Å². The van der Waals surface area contributed by atoms with Crippen LogP contribution >= 0.6 is 0 Å². The van der Waals surface area contributed by atoms with Gasteiger partial charge in [0.05, 0.1) is 5.41 Å². The molecular weight excluding hydrogens is 328 g/mol. The summed E-state index contributed by atoms with van der Waals surface area (Å²) in [5, 5.41) is 9.20. The van der Waals surface area contributed by atoms with Gasteiger partial charge in [0, 0.05) is 12.3 Å². The Bertz CT molecular complexity index is 662. The van der Waals surface area contributed by atoms with Crippen LogP contribution in [-0.2, 0) is 5.41 Å². The fourth-order valence-corrected chi connectivity index (χ4v) is 4.90. The molecule has 1 fully saturated rings. The van der Waals surface area contributed by atoms with Gasteiger partial charge in [0.15, 0.2) is 0 Å². The minimum absolute atomic E-state index is 0.347. The second-order valence-electron chi connectivity index (χ2n) is 8.03. The van der Waals surface area contributed by atoms with Crippen molar-refractivity contribution in [2.24, 2.45) is 5.92 Å². The first-order chi connectivity index (χ1) is 13.2. The van der Waals surface area contributed by atoms with Gasteiger partial charge in [-0.15, -0.1) is 0 Å². The maximum atomic E-state index is 9.20. The van der Waals surface area contributed by atoms with E-state index < -0.39 is 0 Å². The third kappa shape index (κ3) is 4.16. The molecule has 0 bridgehead atoms. The fraction of sp³-hybridized carbons (Fsp3) is 0.480. The van der Waals surface area contributed by atoms with Crippen molar-refractivity contribution in [2.75, 3.05) is 19.6 Å². The summed E-state index contributed by atoms with van der Waals surface area (Å²) in [6.45, 7) is 8.00. The second kappa shape index (κ2) is 9.32. The number of likely N-dealkylation sites (tertiary alicyclic amines) is 1. The molecule has 0 aliphatic carbocycles. The quantitative estimate of drug-likeness (QED) is 0.580. The van der Waals surface area contributed by atoms with E-state index in [1.165, 1.54) is 43.5 Å². The largest absolute Gasteiger partial charge is 0.308 e. The van der Waals surface area contributed by atoms with E-state index in [0.29, 0.717) is 5.92 Å². The zero-order chi connectivity index (χ0) is 19.1. The van der Waals surface area contributed by atoms with E-state index in [0.717, 1.165) is 25.1 Å². The molecular formula is C25H34N2. The monoisotopic (exact) mass is 362 g/mol. The standard InChI is InChI=1S/C25H34N2/c1-3-13-24(26)25(22-14-7-4-8-15-22,23-16-9-5-10-17-23)21(2)20-27-18-11-6-12-19-27/h4-5,7-10,14-17,21,26H,3,6,11-13,18-20H2,1-2H3. The van der Waals surface area contributed by atoms with Crippen molar-refractivity contribution in [2.45, 2.75) is 51.4 Å². The molecule has 27 heavy (non-hydrogen) atoms. The zero-order valence-corrected chi connectivity index (χ0v) is 17.0. The molecule has 1 heterocycles. The van der Waals surface area contributed by atoms with Crippen LogP contribution in [0.15, 0.2) is 60.7 Å². The van der Waals surface area contributed by atoms with E-state index in [1.54, 1.807) is 0 Å². The van der Waals surface area contributed by atoms with Crippen molar-refractivity contribution in [3.8, 4) is 0 Å². The van der Waals surface area contributed by atoms with Crippen molar-refractivity contribution >= 4 is 5.71 Å². The normalized spacial score (nSPS) is 16.8. The van der Waals surface area contributed by atoms with E-state index in [4.69, 9.17) is 0 Å². The van der Waals surface area contributed by atoms with Crippen molar-refractivity contribution in [3.05, 3.63) is 71.8 Å². The first-order valence-electron chi connectivity index (χ1n) is 10.6. The summed E-state index contributed by atoms with van der Waals surface area (Å²) in [6.07, 6.45) is 5.83. The summed E-state index contributed by atoms with van der Waals surface area (Å²) in [4.78, 5) is 2.62. The summed E-state index contributed by atoms with van der Waals surface area (Å²) >= 11 is 0. The van der Waals surface area contributed by atoms with E-state index in [2.05, 4.69) is 79.4 Å². The van der Waals surface area contributed by atoms with Crippen LogP contribution in [0.2, 0.25) is 0 Å². The number of nitrogens with one attached hydrogen (secondary N) is 1. The lowest BCUT2D eigenvalue weighted by atomic mass is 9.62. The fourth-order valence-electron chi connectivity index (χ4n) is 4.90. The third-order valence-corrected chi connectivity index (χ3v) is 6.15. The number of nitrogens with zero attached hydrogens (tertiary/aromatic N) is 1. The zero-order valence-electron chi connectivity index (χ0n) is 17.0. The van der Waals surface area contributed by atoms with Crippen LogP contribution in [0.4, 0.5) is 0 Å². The van der Waals surface area contributed by atoms with Crippen molar-refractivity contribution < 1.29 is 0 Å². The van der Waals surface area contributed by atoms with Crippen molar-refractivity contribution in [1.82, 2.24) is 4.90 Å². The minimum Gasteiger partial charge on any atom is -0.308 e. The molecule has 1 N–H and O–H groups in total. The van der Waals surface area contributed by atoms with Crippen LogP contribution < -0.4 is 0 Å². The van der Waals surface area contributed by atoms with Crippen LogP contribution in [0, 0.1) is 11.3 Å². The van der Waals surface area contributed by atoms with Crippen LogP contribution in [0.5, 0.6) is 0 Å². The number of hydrogen-bond acceptors (Lipinski definition) is 2. The molecule has 1 aliphatic rings. The van der Waals surface area contributed by atoms with Gasteiger partial charge in [0.25, 0.3) is 0 Å². The number of piperidine rings is 1. The lowest BCUT2D eigenvalue weighted by Crippen LogP contribution is -2.48. The highest BCUT2D eigenvalue weighted by Gasteiger charge is 2.43. The van der Waals surface area contributed by atoms with E-state index in [1.807, 2.05) is 0 Å². The Labute approximate surface area is 165 Å². The Hall–Kier alpha value is -1.93. The van der Waals surface area contributed by atoms with E-state index in [9.17, 15) is 5.41 Å². The van der Waals surface area contributed by atoms with Gasteiger partial charge in [-0.05, 0) is 49.4 Å². The molecule has 144 valence electrons. The Morgan fingerprint density at radius 3 is 1.93 bits per heavy atom. The van der Waals surface area contributed by atoms with Crippen LogP contribution in [-0.4, -0.2) is 30.2 Å². The number of rotatable bonds is 8. The summed E-state index contributed by atoms with van der Waals surface area (Å²) in [5.41, 5.74) is 3.03. The van der Waals surface area contributed by atoms with Gasteiger partial charge in [0.1, 0.15) is 0 Å². The molecule has 3 rings (SSSR count).